The number of amides is 1. The first-order valence-electron chi connectivity index (χ1n) is 7.01. The highest BCUT2D eigenvalue weighted by Crippen LogP contribution is 2.11. The predicted octanol–water partition coefficient (Wildman–Crippen LogP) is 0.838. The maximum atomic E-state index is 12.7. The lowest BCUT2D eigenvalue weighted by Gasteiger charge is -2.30. The van der Waals surface area contributed by atoms with Gasteiger partial charge in [0.05, 0.1) is 5.56 Å². The molecule has 5 heteroatoms. The van der Waals surface area contributed by atoms with E-state index in [2.05, 4.69) is 16.8 Å². The van der Waals surface area contributed by atoms with Crippen LogP contribution in [-0.4, -0.2) is 65.6 Å². The topological polar surface area (TPSA) is 56.7 Å². The summed E-state index contributed by atoms with van der Waals surface area (Å²) in [7, 11) is 3.96. The molecule has 1 rings (SSSR count). The summed E-state index contributed by atoms with van der Waals surface area (Å²) in [6.45, 7) is 5.12. The molecule has 114 valence electrons. The quantitative estimate of drug-likeness (QED) is 0.816. The summed E-state index contributed by atoms with van der Waals surface area (Å²) in [6.07, 6.45) is 1.59. The molecular formula is C16H23N3O2. The summed E-state index contributed by atoms with van der Waals surface area (Å²) in [5.74, 6) is 5.22. The fraction of sp³-hybridized carbons (Fsp3) is 0.500. The normalized spacial score (nSPS) is 11.7. The van der Waals surface area contributed by atoms with Gasteiger partial charge in [0.25, 0.3) is 5.91 Å². The van der Waals surface area contributed by atoms with E-state index in [4.69, 9.17) is 5.11 Å². The zero-order chi connectivity index (χ0) is 15.8. The van der Waals surface area contributed by atoms with E-state index in [1.165, 1.54) is 0 Å². The van der Waals surface area contributed by atoms with E-state index in [0.717, 1.165) is 6.54 Å². The second kappa shape index (κ2) is 8.40. The van der Waals surface area contributed by atoms with Crippen molar-refractivity contribution in [2.24, 2.45) is 0 Å². The van der Waals surface area contributed by atoms with E-state index >= 15 is 0 Å². The molecule has 0 bridgehead atoms. The Morgan fingerprint density at radius 2 is 2.19 bits per heavy atom. The molecule has 0 aliphatic rings. The van der Waals surface area contributed by atoms with Gasteiger partial charge >= 0.3 is 0 Å². The third-order valence-electron chi connectivity index (χ3n) is 3.08. The molecule has 21 heavy (non-hydrogen) atoms. The van der Waals surface area contributed by atoms with Crippen molar-refractivity contribution in [1.29, 1.82) is 0 Å². The van der Waals surface area contributed by atoms with Crippen LogP contribution in [0.15, 0.2) is 18.3 Å². The van der Waals surface area contributed by atoms with Gasteiger partial charge in [-0.2, -0.15) is 0 Å². The average Bonchev–Trinajstić information content (AvgIpc) is 2.45. The van der Waals surface area contributed by atoms with Gasteiger partial charge in [0.15, 0.2) is 0 Å². The van der Waals surface area contributed by atoms with Crippen LogP contribution in [0.25, 0.3) is 0 Å². The number of nitrogens with zero attached hydrogens (tertiary/aromatic N) is 3. The van der Waals surface area contributed by atoms with Gasteiger partial charge in [-0.1, -0.05) is 11.8 Å². The highest BCUT2D eigenvalue weighted by atomic mass is 16.2. The van der Waals surface area contributed by atoms with Crippen LogP contribution in [0.3, 0.4) is 0 Å². The molecule has 1 aromatic rings. The van der Waals surface area contributed by atoms with Gasteiger partial charge in [-0.3, -0.25) is 4.79 Å². The molecule has 1 unspecified atom stereocenters. The van der Waals surface area contributed by atoms with Gasteiger partial charge in [0.2, 0.25) is 0 Å². The van der Waals surface area contributed by atoms with Crippen molar-refractivity contribution in [3.8, 4) is 11.8 Å². The van der Waals surface area contributed by atoms with Crippen LogP contribution in [0.1, 0.15) is 29.9 Å². The second-order valence-electron chi connectivity index (χ2n) is 5.06. The molecular weight excluding hydrogens is 266 g/mol. The molecule has 0 aromatic carbocycles. The molecule has 1 amide bonds. The molecule has 0 aliphatic heterocycles. The Bertz CT molecular complexity index is 532. The molecule has 0 spiro atoms. The van der Waals surface area contributed by atoms with Crippen molar-refractivity contribution < 1.29 is 9.90 Å². The highest BCUT2D eigenvalue weighted by Gasteiger charge is 2.23. The highest BCUT2D eigenvalue weighted by molar-refractivity contribution is 5.95. The Morgan fingerprint density at radius 3 is 2.76 bits per heavy atom. The molecule has 1 N–H and O–H groups in total. The van der Waals surface area contributed by atoms with Crippen molar-refractivity contribution in [2.45, 2.75) is 19.9 Å². The summed E-state index contributed by atoms with van der Waals surface area (Å²) in [6, 6.07) is 3.56. The van der Waals surface area contributed by atoms with Gasteiger partial charge in [-0.05, 0) is 40.1 Å². The van der Waals surface area contributed by atoms with Crippen LogP contribution in [0.4, 0.5) is 0 Å². The number of hydrogen-bond acceptors (Lipinski definition) is 4. The Balaban J connectivity index is 3.05. The maximum absolute atomic E-state index is 12.7. The Labute approximate surface area is 126 Å². The SMILES string of the molecule is CCN(C(=O)c1ncccc1C#CCO)C(C)CN(C)C. The minimum absolute atomic E-state index is 0.0816. The predicted molar refractivity (Wildman–Crippen MR) is 82.9 cm³/mol. The van der Waals surface area contributed by atoms with Gasteiger partial charge in [0.1, 0.15) is 12.3 Å². The Hall–Kier alpha value is -1.90. The van der Waals surface area contributed by atoms with Gasteiger partial charge in [-0.25, -0.2) is 4.98 Å². The van der Waals surface area contributed by atoms with Crippen molar-refractivity contribution in [3.05, 3.63) is 29.6 Å². The number of likely N-dealkylation sites (N-methyl/N-ethyl adjacent to an activating group) is 2. The summed E-state index contributed by atoms with van der Waals surface area (Å²) in [5, 5.41) is 8.80. The van der Waals surface area contributed by atoms with Crippen LogP contribution in [0.2, 0.25) is 0 Å². The molecule has 0 aliphatic carbocycles. The lowest BCUT2D eigenvalue weighted by molar-refractivity contribution is 0.0672. The number of carbonyl (C=O) groups excluding carboxylic acids is 1. The number of aliphatic hydroxyl groups is 1. The molecule has 5 nitrogen and oxygen atoms in total. The fourth-order valence-corrected chi connectivity index (χ4v) is 2.23. The Kier molecular flexibility index (Phi) is 6.86. The van der Waals surface area contributed by atoms with E-state index in [1.54, 1.807) is 23.2 Å². The van der Waals surface area contributed by atoms with Crippen LogP contribution < -0.4 is 0 Å². The van der Waals surface area contributed by atoms with Crippen molar-refractivity contribution in [1.82, 2.24) is 14.8 Å². The molecule has 1 atom stereocenters. The first-order valence-corrected chi connectivity index (χ1v) is 7.01. The van der Waals surface area contributed by atoms with Crippen LogP contribution in [-0.2, 0) is 0 Å². The fourth-order valence-electron chi connectivity index (χ4n) is 2.23. The molecule has 0 fully saturated rings. The maximum Gasteiger partial charge on any atom is 0.274 e. The van der Waals surface area contributed by atoms with E-state index in [0.29, 0.717) is 17.8 Å². The standard InChI is InChI=1S/C16H23N3O2/c1-5-19(13(2)12-18(3)4)16(21)15-14(9-7-11-20)8-6-10-17-15/h6,8,10,13,20H,5,11-12H2,1-4H3. The Morgan fingerprint density at radius 1 is 1.48 bits per heavy atom. The average molecular weight is 289 g/mol. The second-order valence-corrected chi connectivity index (χ2v) is 5.06. The zero-order valence-electron chi connectivity index (χ0n) is 13.1. The summed E-state index contributed by atoms with van der Waals surface area (Å²) in [5.41, 5.74) is 0.887. The molecule has 0 radical (unpaired) electrons. The van der Waals surface area contributed by atoms with Gasteiger partial charge < -0.3 is 14.9 Å². The summed E-state index contributed by atoms with van der Waals surface area (Å²) >= 11 is 0. The lowest BCUT2D eigenvalue weighted by atomic mass is 10.1. The van der Waals surface area contributed by atoms with E-state index in [9.17, 15) is 4.79 Å². The van der Waals surface area contributed by atoms with Crippen LogP contribution in [0, 0.1) is 11.8 Å². The third kappa shape index (κ3) is 4.85. The van der Waals surface area contributed by atoms with Crippen LogP contribution in [0.5, 0.6) is 0 Å². The number of aliphatic hydroxyl groups excluding tert-OH is 1. The van der Waals surface area contributed by atoms with Crippen molar-refractivity contribution >= 4 is 5.91 Å². The van der Waals surface area contributed by atoms with E-state index in [-0.39, 0.29) is 18.6 Å². The number of pyridine rings is 1. The first kappa shape index (κ1) is 17.2. The molecule has 1 heterocycles. The molecule has 1 aromatic heterocycles. The number of aromatic nitrogens is 1. The van der Waals surface area contributed by atoms with E-state index < -0.39 is 0 Å². The summed E-state index contributed by atoms with van der Waals surface area (Å²) in [4.78, 5) is 20.7. The lowest BCUT2D eigenvalue weighted by Crippen LogP contribution is -2.44. The first-order chi connectivity index (χ1) is 10.0. The van der Waals surface area contributed by atoms with E-state index in [1.807, 2.05) is 32.8 Å². The van der Waals surface area contributed by atoms with Crippen LogP contribution >= 0.6 is 0 Å². The number of carbonyl (C=O) groups is 1. The van der Waals surface area contributed by atoms with Gasteiger partial charge in [0, 0.05) is 25.3 Å². The number of hydrogen-bond donors (Lipinski definition) is 1. The zero-order valence-corrected chi connectivity index (χ0v) is 13.1. The summed E-state index contributed by atoms with van der Waals surface area (Å²) < 4.78 is 0. The third-order valence-corrected chi connectivity index (χ3v) is 3.08. The monoisotopic (exact) mass is 289 g/mol. The van der Waals surface area contributed by atoms with Gasteiger partial charge in [-0.15, -0.1) is 0 Å². The molecule has 0 saturated heterocycles. The minimum atomic E-state index is -0.239. The smallest absolute Gasteiger partial charge is 0.274 e. The molecule has 0 saturated carbocycles. The number of rotatable bonds is 5. The van der Waals surface area contributed by atoms with Crippen molar-refractivity contribution in [3.63, 3.8) is 0 Å². The minimum Gasteiger partial charge on any atom is -0.384 e. The largest absolute Gasteiger partial charge is 0.384 e. The van der Waals surface area contributed by atoms with Crippen molar-refractivity contribution in [2.75, 3.05) is 33.8 Å².